The second-order valence-electron chi connectivity index (χ2n) is 5.96. The van der Waals surface area contributed by atoms with Crippen LogP contribution in [0.3, 0.4) is 0 Å². The predicted octanol–water partition coefficient (Wildman–Crippen LogP) is 3.82. The van der Waals surface area contributed by atoms with Crippen molar-refractivity contribution in [2.24, 2.45) is 0 Å². The topological polar surface area (TPSA) is 60.6 Å². The molecule has 0 amide bonds. The van der Waals surface area contributed by atoms with Gasteiger partial charge in [0.2, 0.25) is 5.89 Å². The number of fused-ring (bicyclic) bond motifs is 1. The molecular weight excluding hydrogens is 338 g/mol. The van der Waals surface area contributed by atoms with E-state index in [4.69, 9.17) is 14.0 Å². The Morgan fingerprint density at radius 2 is 2.12 bits per heavy atom. The van der Waals surface area contributed by atoms with E-state index in [9.17, 15) is 0 Å². The molecule has 0 saturated heterocycles. The Kier molecular flexibility index (Phi) is 4.09. The van der Waals surface area contributed by atoms with Crippen molar-refractivity contribution in [3.63, 3.8) is 0 Å². The van der Waals surface area contributed by atoms with Crippen LogP contribution in [0.4, 0.5) is 5.95 Å². The Bertz CT molecular complexity index is 903. The maximum absolute atomic E-state index is 5.98. The van der Waals surface area contributed by atoms with Crippen LogP contribution in [0.5, 0.6) is 11.5 Å². The molecule has 0 N–H and O–H groups in total. The van der Waals surface area contributed by atoms with Gasteiger partial charge in [0.05, 0.1) is 13.7 Å². The van der Waals surface area contributed by atoms with Crippen molar-refractivity contribution >= 4 is 17.3 Å². The Labute approximate surface area is 150 Å². The van der Waals surface area contributed by atoms with E-state index in [0.29, 0.717) is 31.5 Å². The van der Waals surface area contributed by atoms with Crippen molar-refractivity contribution in [2.75, 3.05) is 25.2 Å². The molecule has 25 heavy (non-hydrogen) atoms. The Balaban J connectivity index is 1.75. The van der Waals surface area contributed by atoms with Gasteiger partial charge in [-0.2, -0.15) is 4.98 Å². The van der Waals surface area contributed by atoms with Gasteiger partial charge >= 0.3 is 0 Å². The van der Waals surface area contributed by atoms with Gasteiger partial charge in [0.1, 0.15) is 6.61 Å². The van der Waals surface area contributed by atoms with Gasteiger partial charge in [-0.1, -0.05) is 0 Å². The zero-order valence-electron chi connectivity index (χ0n) is 14.4. The normalized spacial score (nSPS) is 14.0. The van der Waals surface area contributed by atoms with Gasteiger partial charge in [-0.05, 0) is 41.9 Å². The minimum absolute atomic E-state index is 0.536. The third-order valence-corrected chi connectivity index (χ3v) is 5.19. The quantitative estimate of drug-likeness (QED) is 0.710. The van der Waals surface area contributed by atoms with Crippen LogP contribution in [0.1, 0.15) is 16.3 Å². The number of benzene rings is 1. The number of hydrogen-bond acceptors (Lipinski definition) is 7. The van der Waals surface area contributed by atoms with E-state index in [-0.39, 0.29) is 0 Å². The Hall–Kier alpha value is -2.54. The molecule has 0 bridgehead atoms. The second-order valence-corrected chi connectivity index (χ2v) is 7.25. The van der Waals surface area contributed by atoms with Gasteiger partial charge in [-0.25, -0.2) is 0 Å². The Morgan fingerprint density at radius 1 is 1.24 bits per heavy atom. The zero-order valence-corrected chi connectivity index (χ0v) is 15.2. The molecule has 0 aliphatic carbocycles. The average Bonchev–Trinajstić information content (AvgIpc) is 3.17. The molecule has 0 spiro atoms. The fourth-order valence-electron chi connectivity index (χ4n) is 2.96. The van der Waals surface area contributed by atoms with E-state index in [1.807, 2.05) is 6.07 Å². The summed E-state index contributed by atoms with van der Waals surface area (Å²) in [4.78, 5) is 8.89. The third-order valence-electron chi connectivity index (χ3n) is 4.15. The molecule has 0 radical (unpaired) electrons. The van der Waals surface area contributed by atoms with E-state index in [2.05, 4.69) is 40.2 Å². The summed E-state index contributed by atoms with van der Waals surface area (Å²) in [5.74, 6) is 2.69. The summed E-state index contributed by atoms with van der Waals surface area (Å²) >= 11 is 1.77. The Morgan fingerprint density at radius 3 is 2.80 bits per heavy atom. The highest BCUT2D eigenvalue weighted by Crippen LogP contribution is 2.40. The lowest BCUT2D eigenvalue weighted by atomic mass is 10.1. The first kappa shape index (κ1) is 16.0. The van der Waals surface area contributed by atoms with E-state index < -0.39 is 0 Å². The molecule has 1 aliphatic rings. The molecular formula is C18H19N3O3S. The molecule has 6 nitrogen and oxygen atoms in total. The smallest absolute Gasteiger partial charge is 0.266 e. The SMILES string of the molecule is COc1cc(-c2ccc(C)s2)cc2c1OCCN(c1noc(C)n1)C2. The first-order chi connectivity index (χ1) is 12.1. The maximum atomic E-state index is 5.98. The third kappa shape index (κ3) is 3.07. The highest BCUT2D eigenvalue weighted by molar-refractivity contribution is 7.15. The van der Waals surface area contributed by atoms with Gasteiger partial charge in [0.15, 0.2) is 11.5 Å². The molecule has 130 valence electrons. The van der Waals surface area contributed by atoms with Crippen LogP contribution < -0.4 is 14.4 Å². The molecule has 0 unspecified atom stereocenters. The van der Waals surface area contributed by atoms with Crippen molar-refractivity contribution in [2.45, 2.75) is 20.4 Å². The number of rotatable bonds is 3. The van der Waals surface area contributed by atoms with Crippen LogP contribution >= 0.6 is 11.3 Å². The summed E-state index contributed by atoms with van der Waals surface area (Å²) in [5.41, 5.74) is 2.18. The average molecular weight is 357 g/mol. The maximum Gasteiger partial charge on any atom is 0.266 e. The number of hydrogen-bond donors (Lipinski definition) is 0. The monoisotopic (exact) mass is 357 g/mol. The van der Waals surface area contributed by atoms with Gasteiger partial charge < -0.3 is 18.9 Å². The van der Waals surface area contributed by atoms with Gasteiger partial charge in [-0.15, -0.1) is 11.3 Å². The van der Waals surface area contributed by atoms with E-state index in [0.717, 1.165) is 22.6 Å². The van der Waals surface area contributed by atoms with Crippen LogP contribution in [-0.4, -0.2) is 30.4 Å². The number of aromatic nitrogens is 2. The number of thiophene rings is 1. The summed E-state index contributed by atoms with van der Waals surface area (Å²) in [6.07, 6.45) is 0. The van der Waals surface area contributed by atoms with Crippen molar-refractivity contribution in [1.29, 1.82) is 0 Å². The van der Waals surface area contributed by atoms with E-state index >= 15 is 0 Å². The molecule has 7 heteroatoms. The molecule has 3 heterocycles. The lowest BCUT2D eigenvalue weighted by Gasteiger charge is -2.17. The molecule has 0 fully saturated rings. The molecule has 1 aromatic carbocycles. The molecule has 0 saturated carbocycles. The minimum Gasteiger partial charge on any atom is -0.493 e. The fraction of sp³-hybridized carbons (Fsp3) is 0.333. The minimum atomic E-state index is 0.536. The fourth-order valence-corrected chi connectivity index (χ4v) is 3.81. The van der Waals surface area contributed by atoms with Crippen molar-refractivity contribution in [3.8, 4) is 21.9 Å². The van der Waals surface area contributed by atoms with Crippen molar-refractivity contribution < 1.29 is 14.0 Å². The van der Waals surface area contributed by atoms with Crippen LogP contribution in [0, 0.1) is 13.8 Å². The first-order valence-corrected chi connectivity index (χ1v) is 8.91. The number of nitrogens with zero attached hydrogens (tertiary/aromatic N) is 3. The van der Waals surface area contributed by atoms with E-state index in [1.54, 1.807) is 25.4 Å². The number of anilines is 1. The van der Waals surface area contributed by atoms with Crippen LogP contribution in [0.15, 0.2) is 28.8 Å². The predicted molar refractivity (Wildman–Crippen MR) is 96.6 cm³/mol. The standard InChI is InChI=1S/C18H19N3O3S/c1-11-4-5-16(25-11)13-8-14-10-21(18-19-12(2)24-20-18)6-7-23-17(14)15(9-13)22-3/h4-5,8-9H,6-7,10H2,1-3H3. The molecule has 1 aliphatic heterocycles. The summed E-state index contributed by atoms with van der Waals surface area (Å²) < 4.78 is 16.7. The summed E-state index contributed by atoms with van der Waals surface area (Å²) in [5, 5.41) is 4.04. The van der Waals surface area contributed by atoms with E-state index in [1.165, 1.54) is 9.75 Å². The highest BCUT2D eigenvalue weighted by atomic mass is 32.1. The molecule has 3 aromatic rings. The summed E-state index contributed by atoms with van der Waals surface area (Å²) in [6.45, 7) is 5.76. The van der Waals surface area contributed by atoms with Gasteiger partial charge in [0, 0.05) is 28.8 Å². The summed E-state index contributed by atoms with van der Waals surface area (Å²) in [7, 11) is 1.67. The second kappa shape index (κ2) is 6.40. The van der Waals surface area contributed by atoms with Crippen molar-refractivity contribution in [1.82, 2.24) is 10.1 Å². The lowest BCUT2D eigenvalue weighted by Crippen LogP contribution is -2.26. The molecule has 2 aromatic heterocycles. The van der Waals surface area contributed by atoms with Crippen LogP contribution in [0.2, 0.25) is 0 Å². The lowest BCUT2D eigenvalue weighted by molar-refractivity contribution is 0.305. The highest BCUT2D eigenvalue weighted by Gasteiger charge is 2.23. The van der Waals surface area contributed by atoms with Gasteiger partial charge in [0.25, 0.3) is 5.95 Å². The molecule has 0 atom stereocenters. The van der Waals surface area contributed by atoms with Gasteiger partial charge in [-0.3, -0.25) is 0 Å². The summed E-state index contributed by atoms with van der Waals surface area (Å²) in [6, 6.07) is 8.47. The largest absolute Gasteiger partial charge is 0.493 e. The van der Waals surface area contributed by atoms with Crippen LogP contribution in [0.25, 0.3) is 10.4 Å². The van der Waals surface area contributed by atoms with Crippen LogP contribution in [-0.2, 0) is 6.54 Å². The number of ether oxygens (including phenoxy) is 2. The number of aryl methyl sites for hydroxylation is 2. The molecule has 4 rings (SSSR count). The first-order valence-electron chi connectivity index (χ1n) is 8.10. The van der Waals surface area contributed by atoms with Crippen molar-refractivity contribution in [3.05, 3.63) is 40.6 Å². The zero-order chi connectivity index (χ0) is 17.4. The number of methoxy groups -OCH3 is 1.